The first-order chi connectivity index (χ1) is 14.4. The van der Waals surface area contributed by atoms with Gasteiger partial charge in [0.15, 0.2) is 5.13 Å². The maximum atomic E-state index is 13.3. The molecule has 1 aromatic heterocycles. The Labute approximate surface area is 183 Å². The zero-order chi connectivity index (χ0) is 21.3. The molecule has 4 rings (SSSR count). The minimum absolute atomic E-state index is 0.0283. The van der Waals surface area contributed by atoms with Gasteiger partial charge in [-0.2, -0.15) is 0 Å². The van der Waals surface area contributed by atoms with Crippen LogP contribution in [0.5, 0.6) is 0 Å². The van der Waals surface area contributed by atoms with Crippen LogP contribution >= 0.6 is 35.3 Å². The van der Waals surface area contributed by atoms with Crippen LogP contribution in [0, 0.1) is 11.6 Å². The third-order valence-corrected chi connectivity index (χ3v) is 6.51. The first-order valence-electron chi connectivity index (χ1n) is 8.76. The van der Waals surface area contributed by atoms with Crippen molar-refractivity contribution in [3.05, 3.63) is 64.6 Å². The lowest BCUT2D eigenvalue weighted by molar-refractivity contribution is -0.122. The molecule has 30 heavy (non-hydrogen) atoms. The van der Waals surface area contributed by atoms with Gasteiger partial charge in [0.2, 0.25) is 5.91 Å². The maximum Gasteiger partial charge on any atom is 0.266 e. The number of nitrogens with zero attached hydrogens (tertiary/aromatic N) is 2. The van der Waals surface area contributed by atoms with Crippen molar-refractivity contribution in [3.63, 3.8) is 0 Å². The molecular formula is C20H13F2N3O2S3. The van der Waals surface area contributed by atoms with E-state index in [1.807, 2.05) is 0 Å². The van der Waals surface area contributed by atoms with E-state index in [0.29, 0.717) is 30.1 Å². The molecule has 152 valence electrons. The Balaban J connectivity index is 1.37. The monoisotopic (exact) mass is 461 g/mol. The molecule has 1 fully saturated rings. The zero-order valence-corrected chi connectivity index (χ0v) is 17.7. The Morgan fingerprint density at radius 2 is 1.90 bits per heavy atom. The molecule has 0 saturated carbocycles. The van der Waals surface area contributed by atoms with E-state index in [9.17, 15) is 18.4 Å². The van der Waals surface area contributed by atoms with E-state index in [2.05, 4.69) is 10.3 Å². The van der Waals surface area contributed by atoms with Crippen molar-refractivity contribution in [2.24, 2.45) is 0 Å². The summed E-state index contributed by atoms with van der Waals surface area (Å²) in [6.07, 6.45) is 1.67. The van der Waals surface area contributed by atoms with Crippen LogP contribution < -0.4 is 5.32 Å². The molecule has 0 unspecified atom stereocenters. The number of anilines is 1. The van der Waals surface area contributed by atoms with Gasteiger partial charge in [-0.1, -0.05) is 47.4 Å². The van der Waals surface area contributed by atoms with Gasteiger partial charge in [0.1, 0.15) is 16.0 Å². The first kappa shape index (κ1) is 20.6. The summed E-state index contributed by atoms with van der Waals surface area (Å²) in [4.78, 5) is 30.9. The lowest BCUT2D eigenvalue weighted by Crippen LogP contribution is -2.31. The molecule has 0 atom stereocenters. The topological polar surface area (TPSA) is 62.3 Å². The van der Waals surface area contributed by atoms with E-state index >= 15 is 0 Å². The van der Waals surface area contributed by atoms with Gasteiger partial charge in [0, 0.05) is 13.0 Å². The van der Waals surface area contributed by atoms with Crippen LogP contribution in [-0.2, 0) is 9.59 Å². The molecule has 0 radical (unpaired) electrons. The summed E-state index contributed by atoms with van der Waals surface area (Å²) in [6, 6.07) is 9.97. The Morgan fingerprint density at radius 3 is 2.67 bits per heavy atom. The molecule has 0 bridgehead atoms. The number of hydrogen-bond acceptors (Lipinski definition) is 6. The fourth-order valence-electron chi connectivity index (χ4n) is 2.75. The average Bonchev–Trinajstić information content (AvgIpc) is 3.21. The van der Waals surface area contributed by atoms with Crippen molar-refractivity contribution in [2.75, 3.05) is 11.9 Å². The number of thiazole rings is 1. The largest absolute Gasteiger partial charge is 0.302 e. The fraction of sp³-hybridized carbons (Fsp3) is 0.100. The lowest BCUT2D eigenvalue weighted by Gasteiger charge is -2.13. The third-order valence-electron chi connectivity index (χ3n) is 4.20. The predicted molar refractivity (Wildman–Crippen MR) is 119 cm³/mol. The summed E-state index contributed by atoms with van der Waals surface area (Å²) < 4.78 is 27.3. The molecule has 1 saturated heterocycles. The Bertz CT molecular complexity index is 1190. The van der Waals surface area contributed by atoms with Crippen molar-refractivity contribution in [2.45, 2.75) is 6.42 Å². The summed E-state index contributed by atoms with van der Waals surface area (Å²) >= 11 is 7.57. The first-order valence-corrected chi connectivity index (χ1v) is 10.8. The number of halogens is 2. The molecule has 3 aromatic rings. The smallest absolute Gasteiger partial charge is 0.266 e. The van der Waals surface area contributed by atoms with Gasteiger partial charge in [0.25, 0.3) is 5.91 Å². The highest BCUT2D eigenvalue weighted by Gasteiger charge is 2.32. The van der Waals surface area contributed by atoms with Crippen molar-refractivity contribution in [3.8, 4) is 0 Å². The molecule has 1 aliphatic heterocycles. The van der Waals surface area contributed by atoms with Gasteiger partial charge < -0.3 is 5.32 Å². The Hall–Kier alpha value is -2.69. The van der Waals surface area contributed by atoms with Crippen LogP contribution in [0.15, 0.2) is 47.4 Å². The molecule has 10 heteroatoms. The second-order valence-electron chi connectivity index (χ2n) is 6.31. The SMILES string of the molecule is O=C(CCN1C(=O)/C(=C/c2ccc(F)cc2)SC1=S)Nc1nc2ccc(F)cc2s1. The number of rotatable bonds is 5. The van der Waals surface area contributed by atoms with Gasteiger partial charge >= 0.3 is 0 Å². The van der Waals surface area contributed by atoms with Crippen LogP contribution in [0.25, 0.3) is 16.3 Å². The summed E-state index contributed by atoms with van der Waals surface area (Å²) in [5.41, 5.74) is 1.28. The van der Waals surface area contributed by atoms with E-state index in [0.717, 1.165) is 11.8 Å². The van der Waals surface area contributed by atoms with Crippen molar-refractivity contribution >= 4 is 72.9 Å². The molecule has 2 aromatic carbocycles. The number of carbonyl (C=O) groups excluding carboxylic acids is 2. The predicted octanol–water partition coefficient (Wildman–Crippen LogP) is 4.80. The second kappa shape index (κ2) is 8.58. The van der Waals surface area contributed by atoms with Gasteiger partial charge in [-0.3, -0.25) is 14.5 Å². The summed E-state index contributed by atoms with van der Waals surface area (Å²) in [5.74, 6) is -1.35. The van der Waals surface area contributed by atoms with E-state index in [1.54, 1.807) is 24.3 Å². The van der Waals surface area contributed by atoms with E-state index < -0.39 is 0 Å². The van der Waals surface area contributed by atoms with E-state index in [4.69, 9.17) is 12.2 Å². The quantitative estimate of drug-likeness (QED) is 0.437. The molecule has 1 aliphatic rings. The number of amides is 2. The Kier molecular flexibility index (Phi) is 5.89. The third kappa shape index (κ3) is 4.55. The molecule has 1 N–H and O–H groups in total. The number of benzene rings is 2. The van der Waals surface area contributed by atoms with Gasteiger partial charge in [0.05, 0.1) is 15.1 Å². The number of aromatic nitrogens is 1. The lowest BCUT2D eigenvalue weighted by atomic mass is 10.2. The fourth-order valence-corrected chi connectivity index (χ4v) is 4.97. The highest BCUT2D eigenvalue weighted by molar-refractivity contribution is 8.26. The molecule has 5 nitrogen and oxygen atoms in total. The number of thioether (sulfide) groups is 1. The molecule has 2 amide bonds. The zero-order valence-electron chi connectivity index (χ0n) is 15.2. The highest BCUT2D eigenvalue weighted by Crippen LogP contribution is 2.33. The Morgan fingerprint density at radius 1 is 1.17 bits per heavy atom. The van der Waals surface area contributed by atoms with Crippen molar-refractivity contribution in [1.82, 2.24) is 9.88 Å². The van der Waals surface area contributed by atoms with E-state index in [-0.39, 0.29) is 36.4 Å². The normalized spacial score (nSPS) is 15.4. The van der Waals surface area contributed by atoms with Crippen LogP contribution in [0.3, 0.4) is 0 Å². The van der Waals surface area contributed by atoms with Gasteiger partial charge in [-0.05, 0) is 42.0 Å². The van der Waals surface area contributed by atoms with Crippen molar-refractivity contribution < 1.29 is 18.4 Å². The number of carbonyl (C=O) groups is 2. The standard InChI is InChI=1S/C20H13F2N3O2S3/c21-12-3-1-11(2-4-12)9-16-18(27)25(20(28)30-16)8-7-17(26)24-19-23-14-6-5-13(22)10-15(14)29-19/h1-6,9-10H,7-8H2,(H,23,24,26)/b16-9-. The highest BCUT2D eigenvalue weighted by atomic mass is 32.2. The minimum atomic E-state index is -0.368. The number of nitrogens with one attached hydrogen (secondary N) is 1. The molecule has 2 heterocycles. The van der Waals surface area contributed by atoms with Crippen LogP contribution in [-0.4, -0.2) is 32.6 Å². The number of fused-ring (bicyclic) bond motifs is 1. The summed E-state index contributed by atoms with van der Waals surface area (Å²) in [6.45, 7) is 0.122. The maximum absolute atomic E-state index is 13.3. The van der Waals surface area contributed by atoms with Crippen LogP contribution in [0.1, 0.15) is 12.0 Å². The molecule has 0 spiro atoms. The van der Waals surface area contributed by atoms with E-state index in [1.165, 1.54) is 40.5 Å². The van der Waals surface area contributed by atoms with Gasteiger partial charge in [-0.15, -0.1) is 0 Å². The van der Waals surface area contributed by atoms with Gasteiger partial charge in [-0.25, -0.2) is 13.8 Å². The van der Waals surface area contributed by atoms with Crippen molar-refractivity contribution in [1.29, 1.82) is 0 Å². The van der Waals surface area contributed by atoms with Crippen LogP contribution in [0.4, 0.5) is 13.9 Å². The van der Waals surface area contributed by atoms with Crippen LogP contribution in [0.2, 0.25) is 0 Å². The molecular weight excluding hydrogens is 448 g/mol. The molecule has 0 aliphatic carbocycles. The minimum Gasteiger partial charge on any atom is -0.302 e. The second-order valence-corrected chi connectivity index (χ2v) is 9.02. The summed E-state index contributed by atoms with van der Waals surface area (Å²) in [7, 11) is 0. The summed E-state index contributed by atoms with van der Waals surface area (Å²) in [5, 5.41) is 3.03. The number of hydrogen-bond donors (Lipinski definition) is 1. The number of thiocarbonyl (C=S) groups is 1. The average molecular weight is 462 g/mol.